The average Bonchev–Trinajstić information content (AvgIpc) is 2.26. The van der Waals surface area contributed by atoms with Crippen molar-refractivity contribution in [3.8, 4) is 23.8 Å². The minimum Gasteiger partial charge on any atom is -0.493 e. The molecule has 0 radical (unpaired) electrons. The summed E-state index contributed by atoms with van der Waals surface area (Å²) in [4.78, 5) is 0. The molecule has 0 spiro atoms. The van der Waals surface area contributed by atoms with E-state index in [1.165, 1.54) is 0 Å². The molecule has 1 aromatic rings. The van der Waals surface area contributed by atoms with E-state index in [0.717, 1.165) is 11.3 Å². The molecule has 0 fully saturated rings. The van der Waals surface area contributed by atoms with E-state index in [9.17, 15) is 0 Å². The number of methoxy groups -OCH3 is 2. The van der Waals surface area contributed by atoms with Crippen LogP contribution in [0.2, 0.25) is 0 Å². The second-order valence-electron chi connectivity index (χ2n) is 2.97. The van der Waals surface area contributed by atoms with Gasteiger partial charge in [0.2, 0.25) is 0 Å². The van der Waals surface area contributed by atoms with Gasteiger partial charge in [0.05, 0.1) is 14.2 Å². The summed E-state index contributed by atoms with van der Waals surface area (Å²) in [6.07, 6.45) is 5.37. The minimum absolute atomic E-state index is 0.0278. The highest BCUT2D eigenvalue weighted by Gasteiger charge is 2.12. The molecule has 0 amide bonds. The Bertz CT molecular complexity index is 350. The van der Waals surface area contributed by atoms with Crippen LogP contribution in [0, 0.1) is 12.3 Å². The van der Waals surface area contributed by atoms with Crippen LogP contribution in [0.3, 0.4) is 0 Å². The largest absolute Gasteiger partial charge is 0.493 e. The van der Waals surface area contributed by atoms with Crippen molar-refractivity contribution in [2.45, 2.75) is 12.8 Å². The first-order chi connectivity index (χ1) is 6.74. The molecule has 0 saturated carbocycles. The van der Waals surface area contributed by atoms with Crippen LogP contribution in [-0.2, 0) is 0 Å². The Balaban J connectivity index is 3.23. The van der Waals surface area contributed by atoms with Crippen LogP contribution in [-0.4, -0.2) is 14.2 Å². The van der Waals surface area contributed by atoms with Crippen LogP contribution >= 0.6 is 0 Å². The molecule has 0 aliphatic rings. The van der Waals surface area contributed by atoms with Gasteiger partial charge in [-0.1, -0.05) is 18.1 Å². The smallest absolute Gasteiger partial charge is 0.165 e. The van der Waals surface area contributed by atoms with E-state index in [1.807, 2.05) is 25.1 Å². The second-order valence-corrected chi connectivity index (χ2v) is 2.97. The van der Waals surface area contributed by atoms with Gasteiger partial charge in [0.25, 0.3) is 0 Å². The molecule has 1 unspecified atom stereocenters. The Morgan fingerprint density at radius 3 is 2.50 bits per heavy atom. The third-order valence-electron chi connectivity index (χ3n) is 2.15. The van der Waals surface area contributed by atoms with Crippen LogP contribution in [0.5, 0.6) is 11.5 Å². The maximum Gasteiger partial charge on any atom is 0.165 e. The predicted molar refractivity (Wildman–Crippen MR) is 56.8 cm³/mol. The van der Waals surface area contributed by atoms with Crippen LogP contribution in [0.1, 0.15) is 18.4 Å². The highest BCUT2D eigenvalue weighted by molar-refractivity contribution is 5.49. The highest BCUT2D eigenvalue weighted by Crippen LogP contribution is 2.34. The molecule has 0 bridgehead atoms. The van der Waals surface area contributed by atoms with E-state index < -0.39 is 0 Å². The normalized spacial score (nSPS) is 11.6. The van der Waals surface area contributed by atoms with E-state index in [2.05, 4.69) is 5.92 Å². The summed E-state index contributed by atoms with van der Waals surface area (Å²) in [5, 5.41) is 0. The first-order valence-corrected chi connectivity index (χ1v) is 4.41. The fourth-order valence-corrected chi connectivity index (χ4v) is 1.34. The van der Waals surface area contributed by atoms with Crippen molar-refractivity contribution in [1.82, 2.24) is 0 Å². The molecule has 2 nitrogen and oxygen atoms in total. The number of hydrogen-bond donors (Lipinski definition) is 0. The average molecular weight is 190 g/mol. The van der Waals surface area contributed by atoms with E-state index in [1.54, 1.807) is 14.2 Å². The van der Waals surface area contributed by atoms with Gasteiger partial charge in [0, 0.05) is 11.5 Å². The number of rotatable bonds is 3. The van der Waals surface area contributed by atoms with Crippen LogP contribution < -0.4 is 9.47 Å². The first-order valence-electron chi connectivity index (χ1n) is 4.41. The van der Waals surface area contributed by atoms with Crippen LogP contribution in [0.25, 0.3) is 0 Å². The molecule has 0 heterocycles. The van der Waals surface area contributed by atoms with Gasteiger partial charge in [-0.05, 0) is 13.0 Å². The number of para-hydroxylation sites is 1. The van der Waals surface area contributed by atoms with E-state index in [-0.39, 0.29) is 5.92 Å². The number of terminal acetylenes is 1. The fraction of sp³-hybridized carbons (Fsp3) is 0.333. The zero-order chi connectivity index (χ0) is 10.6. The second kappa shape index (κ2) is 4.57. The third-order valence-corrected chi connectivity index (χ3v) is 2.15. The summed E-state index contributed by atoms with van der Waals surface area (Å²) in [5.74, 6) is 4.14. The van der Waals surface area contributed by atoms with Crippen LogP contribution in [0.15, 0.2) is 18.2 Å². The zero-order valence-electron chi connectivity index (χ0n) is 8.70. The van der Waals surface area contributed by atoms with Crippen molar-refractivity contribution in [3.05, 3.63) is 23.8 Å². The standard InChI is InChI=1S/C12H14O2/c1-5-9(2)10-7-6-8-11(13-3)12(10)14-4/h1,6-9H,2-4H3. The quantitative estimate of drug-likeness (QED) is 0.681. The first kappa shape index (κ1) is 10.5. The van der Waals surface area contributed by atoms with Gasteiger partial charge in [-0.15, -0.1) is 6.42 Å². The van der Waals surface area contributed by atoms with Gasteiger partial charge in [-0.2, -0.15) is 0 Å². The monoisotopic (exact) mass is 190 g/mol. The molecule has 14 heavy (non-hydrogen) atoms. The van der Waals surface area contributed by atoms with Crippen molar-refractivity contribution >= 4 is 0 Å². The molecule has 1 aromatic carbocycles. The molecular formula is C12H14O2. The van der Waals surface area contributed by atoms with E-state index in [4.69, 9.17) is 15.9 Å². The fourth-order valence-electron chi connectivity index (χ4n) is 1.34. The summed E-state index contributed by atoms with van der Waals surface area (Å²) in [7, 11) is 3.23. The molecule has 74 valence electrons. The van der Waals surface area contributed by atoms with Crippen LogP contribution in [0.4, 0.5) is 0 Å². The number of ether oxygens (including phenoxy) is 2. The molecule has 0 saturated heterocycles. The molecule has 2 heteroatoms. The van der Waals surface area contributed by atoms with Gasteiger partial charge in [0.15, 0.2) is 11.5 Å². The van der Waals surface area contributed by atoms with E-state index in [0.29, 0.717) is 5.75 Å². The van der Waals surface area contributed by atoms with Crippen molar-refractivity contribution in [2.24, 2.45) is 0 Å². The summed E-state index contributed by atoms with van der Waals surface area (Å²) in [6, 6.07) is 5.71. The predicted octanol–water partition coefficient (Wildman–Crippen LogP) is 2.44. The summed E-state index contributed by atoms with van der Waals surface area (Å²) in [6.45, 7) is 1.96. The maximum absolute atomic E-state index is 5.37. The Hall–Kier alpha value is -1.62. The molecule has 1 rings (SSSR count). The minimum atomic E-state index is 0.0278. The van der Waals surface area contributed by atoms with Gasteiger partial charge in [-0.25, -0.2) is 0 Å². The highest BCUT2D eigenvalue weighted by atomic mass is 16.5. The lowest BCUT2D eigenvalue weighted by molar-refractivity contribution is 0.351. The SMILES string of the molecule is C#CC(C)c1cccc(OC)c1OC. The van der Waals surface area contributed by atoms with E-state index >= 15 is 0 Å². The number of benzene rings is 1. The van der Waals surface area contributed by atoms with Crippen molar-refractivity contribution in [2.75, 3.05) is 14.2 Å². The molecule has 0 N–H and O–H groups in total. The molecule has 0 aliphatic carbocycles. The molecular weight excluding hydrogens is 176 g/mol. The van der Waals surface area contributed by atoms with Gasteiger partial charge in [0.1, 0.15) is 0 Å². The lowest BCUT2D eigenvalue weighted by Gasteiger charge is -2.13. The summed E-state index contributed by atoms with van der Waals surface area (Å²) in [5.41, 5.74) is 0.981. The third kappa shape index (κ3) is 1.82. The molecule has 1 atom stereocenters. The Labute approximate surface area is 84.8 Å². The van der Waals surface area contributed by atoms with Gasteiger partial charge in [-0.3, -0.25) is 0 Å². The van der Waals surface area contributed by atoms with Crippen molar-refractivity contribution in [1.29, 1.82) is 0 Å². The van der Waals surface area contributed by atoms with Gasteiger partial charge >= 0.3 is 0 Å². The van der Waals surface area contributed by atoms with Crippen molar-refractivity contribution in [3.63, 3.8) is 0 Å². The Morgan fingerprint density at radius 2 is 2.00 bits per heavy atom. The Morgan fingerprint density at radius 1 is 1.29 bits per heavy atom. The lowest BCUT2D eigenvalue weighted by atomic mass is 10.0. The molecule has 0 aliphatic heterocycles. The molecule has 0 aromatic heterocycles. The lowest BCUT2D eigenvalue weighted by Crippen LogP contribution is -1.98. The number of hydrogen-bond acceptors (Lipinski definition) is 2. The Kier molecular flexibility index (Phi) is 3.41. The maximum atomic E-state index is 5.37. The topological polar surface area (TPSA) is 18.5 Å². The zero-order valence-corrected chi connectivity index (χ0v) is 8.70. The summed E-state index contributed by atoms with van der Waals surface area (Å²) < 4.78 is 10.4. The van der Waals surface area contributed by atoms with Gasteiger partial charge < -0.3 is 9.47 Å². The van der Waals surface area contributed by atoms with Crippen molar-refractivity contribution < 1.29 is 9.47 Å². The summed E-state index contributed by atoms with van der Waals surface area (Å²) >= 11 is 0.